The minimum Gasteiger partial charge on any atom is -0.396 e. The maximum atomic E-state index is 8.62. The van der Waals surface area contributed by atoms with Crippen LogP contribution in [0.15, 0.2) is 24.3 Å². The second-order valence-electron chi connectivity index (χ2n) is 3.13. The Morgan fingerprint density at radius 3 is 2.38 bits per heavy atom. The summed E-state index contributed by atoms with van der Waals surface area (Å²) in [6.45, 7) is 0.300. The van der Waals surface area contributed by atoms with Gasteiger partial charge in [-0.25, -0.2) is 0 Å². The fourth-order valence-corrected chi connectivity index (χ4v) is 1.28. The third-order valence-electron chi connectivity index (χ3n) is 2.12. The monoisotopic (exact) mass is 179 g/mol. The van der Waals surface area contributed by atoms with E-state index in [2.05, 4.69) is 29.6 Å². The zero-order chi connectivity index (χ0) is 9.52. The van der Waals surface area contributed by atoms with Crippen molar-refractivity contribution in [2.24, 2.45) is 0 Å². The Morgan fingerprint density at radius 2 is 1.85 bits per heavy atom. The lowest BCUT2D eigenvalue weighted by Crippen LogP contribution is -1.90. The van der Waals surface area contributed by atoms with Gasteiger partial charge in [-0.3, -0.25) is 0 Å². The van der Waals surface area contributed by atoms with E-state index in [-0.39, 0.29) is 0 Å². The molecule has 0 heterocycles. The van der Waals surface area contributed by atoms with Crippen molar-refractivity contribution in [3.63, 3.8) is 0 Å². The molecule has 0 saturated carbocycles. The number of anilines is 1. The lowest BCUT2D eigenvalue weighted by Gasteiger charge is -2.02. The average Bonchev–Trinajstić information content (AvgIpc) is 2.19. The summed E-state index contributed by atoms with van der Waals surface area (Å²) in [6, 6.07) is 8.41. The van der Waals surface area contributed by atoms with E-state index in [1.165, 1.54) is 5.56 Å². The van der Waals surface area contributed by atoms with Gasteiger partial charge in [0.05, 0.1) is 0 Å². The summed E-state index contributed by atoms with van der Waals surface area (Å²) in [5.74, 6) is 0. The molecule has 1 rings (SSSR count). The van der Waals surface area contributed by atoms with Gasteiger partial charge in [0.1, 0.15) is 0 Å². The maximum absolute atomic E-state index is 8.62. The topological polar surface area (TPSA) is 32.3 Å². The maximum Gasteiger partial charge on any atom is 0.0431 e. The van der Waals surface area contributed by atoms with Crippen LogP contribution in [0.25, 0.3) is 0 Å². The normalized spacial score (nSPS) is 10.0. The molecular formula is C11H17NO. The summed E-state index contributed by atoms with van der Waals surface area (Å²) in [7, 11) is 1.92. The summed E-state index contributed by atoms with van der Waals surface area (Å²) in [5, 5.41) is 11.7. The van der Waals surface area contributed by atoms with E-state index < -0.39 is 0 Å². The summed E-state index contributed by atoms with van der Waals surface area (Å²) >= 11 is 0. The number of aliphatic hydroxyl groups excluding tert-OH is 1. The number of unbranched alkanes of at least 4 members (excludes halogenated alkanes) is 1. The van der Waals surface area contributed by atoms with E-state index in [0.29, 0.717) is 6.61 Å². The highest BCUT2D eigenvalue weighted by atomic mass is 16.2. The highest BCUT2D eigenvalue weighted by molar-refractivity contribution is 5.43. The van der Waals surface area contributed by atoms with Gasteiger partial charge in [-0.1, -0.05) is 12.1 Å². The van der Waals surface area contributed by atoms with Crippen LogP contribution in [0.3, 0.4) is 0 Å². The van der Waals surface area contributed by atoms with Crippen molar-refractivity contribution in [3.05, 3.63) is 29.8 Å². The minimum absolute atomic E-state index is 0.300. The molecule has 13 heavy (non-hydrogen) atoms. The fourth-order valence-electron chi connectivity index (χ4n) is 1.28. The number of benzene rings is 1. The van der Waals surface area contributed by atoms with Crippen LogP contribution < -0.4 is 5.32 Å². The average molecular weight is 179 g/mol. The number of hydrogen-bond acceptors (Lipinski definition) is 2. The molecule has 0 aromatic heterocycles. The molecule has 2 nitrogen and oxygen atoms in total. The molecule has 0 radical (unpaired) electrons. The number of hydrogen-bond donors (Lipinski definition) is 2. The van der Waals surface area contributed by atoms with Crippen molar-refractivity contribution in [3.8, 4) is 0 Å². The van der Waals surface area contributed by atoms with Crippen molar-refractivity contribution >= 4 is 5.69 Å². The highest BCUT2D eigenvalue weighted by Crippen LogP contribution is 2.10. The predicted molar refractivity (Wildman–Crippen MR) is 56.0 cm³/mol. The van der Waals surface area contributed by atoms with Crippen molar-refractivity contribution in [1.29, 1.82) is 0 Å². The second kappa shape index (κ2) is 5.60. The standard InChI is InChI=1S/C11H17NO/c1-12-11-7-5-10(6-8-11)4-2-3-9-13/h5-8,12-13H,2-4,9H2,1H3. The molecule has 0 amide bonds. The molecule has 0 aliphatic rings. The van der Waals surface area contributed by atoms with Gasteiger partial charge in [-0.2, -0.15) is 0 Å². The Morgan fingerprint density at radius 1 is 1.15 bits per heavy atom. The first-order chi connectivity index (χ1) is 6.36. The Bertz CT molecular complexity index is 230. The van der Waals surface area contributed by atoms with E-state index in [9.17, 15) is 0 Å². The fraction of sp³-hybridized carbons (Fsp3) is 0.455. The van der Waals surface area contributed by atoms with E-state index >= 15 is 0 Å². The van der Waals surface area contributed by atoms with Crippen molar-refractivity contribution in [2.45, 2.75) is 19.3 Å². The Hall–Kier alpha value is -1.02. The van der Waals surface area contributed by atoms with Gasteiger partial charge in [0.2, 0.25) is 0 Å². The molecule has 1 aromatic carbocycles. The summed E-state index contributed by atoms with van der Waals surface area (Å²) in [5.41, 5.74) is 2.48. The Labute approximate surface area is 79.6 Å². The molecule has 2 heteroatoms. The molecule has 2 N–H and O–H groups in total. The van der Waals surface area contributed by atoms with Crippen molar-refractivity contribution in [1.82, 2.24) is 0 Å². The minimum atomic E-state index is 0.300. The molecular weight excluding hydrogens is 162 g/mol. The number of aryl methyl sites for hydroxylation is 1. The number of nitrogens with one attached hydrogen (secondary N) is 1. The quantitative estimate of drug-likeness (QED) is 0.678. The smallest absolute Gasteiger partial charge is 0.0431 e. The van der Waals surface area contributed by atoms with Crippen LogP contribution in [0.4, 0.5) is 5.69 Å². The molecule has 0 spiro atoms. The predicted octanol–water partition coefficient (Wildman–Crippen LogP) is 2.04. The molecule has 0 aliphatic carbocycles. The third-order valence-corrected chi connectivity index (χ3v) is 2.12. The highest BCUT2D eigenvalue weighted by Gasteiger charge is 1.93. The molecule has 0 aliphatic heterocycles. The first-order valence-electron chi connectivity index (χ1n) is 4.74. The van der Waals surface area contributed by atoms with E-state index in [0.717, 1.165) is 24.9 Å². The van der Waals surface area contributed by atoms with Gasteiger partial charge in [0.15, 0.2) is 0 Å². The van der Waals surface area contributed by atoms with Gasteiger partial charge < -0.3 is 10.4 Å². The zero-order valence-electron chi connectivity index (χ0n) is 8.09. The second-order valence-corrected chi connectivity index (χ2v) is 3.13. The number of aliphatic hydroxyl groups is 1. The Balaban J connectivity index is 2.40. The summed E-state index contributed by atoms with van der Waals surface area (Å²) < 4.78 is 0. The van der Waals surface area contributed by atoms with E-state index in [4.69, 9.17) is 5.11 Å². The van der Waals surface area contributed by atoms with Gasteiger partial charge in [0.25, 0.3) is 0 Å². The van der Waals surface area contributed by atoms with Crippen LogP contribution in [-0.2, 0) is 6.42 Å². The van der Waals surface area contributed by atoms with Crippen LogP contribution in [0.2, 0.25) is 0 Å². The molecule has 0 atom stereocenters. The van der Waals surface area contributed by atoms with E-state index in [1.807, 2.05) is 7.05 Å². The first-order valence-corrected chi connectivity index (χ1v) is 4.74. The van der Waals surface area contributed by atoms with Gasteiger partial charge in [0, 0.05) is 19.3 Å². The third kappa shape index (κ3) is 3.47. The number of rotatable bonds is 5. The lowest BCUT2D eigenvalue weighted by molar-refractivity contribution is 0.284. The summed E-state index contributed by atoms with van der Waals surface area (Å²) in [6.07, 6.45) is 3.02. The largest absolute Gasteiger partial charge is 0.396 e. The van der Waals surface area contributed by atoms with Gasteiger partial charge >= 0.3 is 0 Å². The summed E-state index contributed by atoms with van der Waals surface area (Å²) in [4.78, 5) is 0. The molecule has 0 bridgehead atoms. The SMILES string of the molecule is CNc1ccc(CCCCO)cc1. The molecule has 1 aromatic rings. The molecule has 72 valence electrons. The zero-order valence-corrected chi connectivity index (χ0v) is 8.09. The van der Waals surface area contributed by atoms with Crippen LogP contribution in [0, 0.1) is 0 Å². The van der Waals surface area contributed by atoms with Crippen molar-refractivity contribution < 1.29 is 5.11 Å². The van der Waals surface area contributed by atoms with Crippen LogP contribution in [0.1, 0.15) is 18.4 Å². The lowest BCUT2D eigenvalue weighted by atomic mass is 10.1. The van der Waals surface area contributed by atoms with E-state index in [1.54, 1.807) is 0 Å². The van der Waals surface area contributed by atoms with Crippen LogP contribution in [-0.4, -0.2) is 18.8 Å². The molecule has 0 saturated heterocycles. The molecule has 0 unspecified atom stereocenters. The van der Waals surface area contributed by atoms with Gasteiger partial charge in [-0.05, 0) is 37.0 Å². The van der Waals surface area contributed by atoms with Gasteiger partial charge in [-0.15, -0.1) is 0 Å². The first kappa shape index (κ1) is 10.1. The van der Waals surface area contributed by atoms with Crippen LogP contribution >= 0.6 is 0 Å². The Kier molecular flexibility index (Phi) is 4.33. The van der Waals surface area contributed by atoms with Crippen LogP contribution in [0.5, 0.6) is 0 Å². The van der Waals surface area contributed by atoms with Crippen molar-refractivity contribution in [2.75, 3.05) is 19.0 Å². The molecule has 0 fully saturated rings.